The number of carbonyl (C=O) groups is 3. The molecule has 1 saturated heterocycles. The van der Waals surface area contributed by atoms with Crippen molar-refractivity contribution < 1.29 is 29.0 Å². The van der Waals surface area contributed by atoms with Crippen LogP contribution >= 0.6 is 0 Å². The second-order valence-electron chi connectivity index (χ2n) is 8.83. The second kappa shape index (κ2) is 11.1. The molecule has 1 N–H and O–H groups in total. The average molecular weight is 501 g/mol. The quantitative estimate of drug-likeness (QED) is 0.199. The standard InChI is InChI=1S/C29H28N2O6/c1-4-16-36-29(35)20-7-11-22(12-8-20)31-25(21-6-5-15-30-17-21)24(27(33)28(31)34)26(32)19-9-13-23(14-10-19)37-18(2)3/h5-15,17-18,25,32H,4,16H2,1-3H3/b26-24+. The van der Waals surface area contributed by atoms with Crippen LogP contribution in [0.4, 0.5) is 5.69 Å². The summed E-state index contributed by atoms with van der Waals surface area (Å²) in [4.78, 5) is 44.2. The number of rotatable bonds is 8. The summed E-state index contributed by atoms with van der Waals surface area (Å²) in [5, 5.41) is 11.2. The number of amides is 1. The molecule has 3 aromatic rings. The van der Waals surface area contributed by atoms with E-state index in [-0.39, 0.29) is 17.4 Å². The lowest BCUT2D eigenvalue weighted by Gasteiger charge is -2.25. The van der Waals surface area contributed by atoms with E-state index >= 15 is 0 Å². The van der Waals surface area contributed by atoms with E-state index in [0.717, 1.165) is 0 Å². The van der Waals surface area contributed by atoms with Crippen molar-refractivity contribution in [1.29, 1.82) is 0 Å². The fourth-order valence-corrected chi connectivity index (χ4v) is 4.11. The fourth-order valence-electron chi connectivity index (χ4n) is 4.11. The van der Waals surface area contributed by atoms with Gasteiger partial charge in [-0.25, -0.2) is 4.79 Å². The highest BCUT2D eigenvalue weighted by Gasteiger charge is 2.47. The van der Waals surface area contributed by atoms with Crippen molar-refractivity contribution in [3.63, 3.8) is 0 Å². The van der Waals surface area contributed by atoms with Crippen LogP contribution in [0.3, 0.4) is 0 Å². The Hall–Kier alpha value is -4.46. The molecule has 8 nitrogen and oxygen atoms in total. The summed E-state index contributed by atoms with van der Waals surface area (Å²) in [6, 6.07) is 15.4. The van der Waals surface area contributed by atoms with Gasteiger partial charge < -0.3 is 14.6 Å². The zero-order chi connectivity index (χ0) is 26.5. The number of pyridine rings is 1. The second-order valence-corrected chi connectivity index (χ2v) is 8.83. The van der Waals surface area contributed by atoms with Crippen molar-refractivity contribution in [1.82, 2.24) is 4.98 Å². The van der Waals surface area contributed by atoms with E-state index in [4.69, 9.17) is 9.47 Å². The van der Waals surface area contributed by atoms with Crippen LogP contribution in [0.2, 0.25) is 0 Å². The van der Waals surface area contributed by atoms with E-state index in [1.54, 1.807) is 73.1 Å². The number of hydrogen-bond donors (Lipinski definition) is 1. The molecule has 1 unspecified atom stereocenters. The van der Waals surface area contributed by atoms with Crippen molar-refractivity contribution in [3.05, 3.63) is 95.3 Å². The third-order valence-corrected chi connectivity index (χ3v) is 5.76. The lowest BCUT2D eigenvalue weighted by molar-refractivity contribution is -0.132. The first-order valence-corrected chi connectivity index (χ1v) is 12.1. The Morgan fingerprint density at radius 2 is 1.70 bits per heavy atom. The number of nitrogens with zero attached hydrogens (tertiary/aromatic N) is 2. The van der Waals surface area contributed by atoms with Crippen LogP contribution in [-0.2, 0) is 14.3 Å². The summed E-state index contributed by atoms with van der Waals surface area (Å²) in [5.74, 6) is -1.76. The van der Waals surface area contributed by atoms with Crippen LogP contribution in [0.1, 0.15) is 54.7 Å². The summed E-state index contributed by atoms with van der Waals surface area (Å²) in [6.45, 7) is 6.02. The molecule has 1 aromatic heterocycles. The zero-order valence-electron chi connectivity index (χ0n) is 20.9. The van der Waals surface area contributed by atoms with Gasteiger partial charge in [-0.15, -0.1) is 0 Å². The third kappa shape index (κ3) is 5.38. The predicted molar refractivity (Wildman–Crippen MR) is 138 cm³/mol. The van der Waals surface area contributed by atoms with Crippen LogP contribution < -0.4 is 9.64 Å². The minimum Gasteiger partial charge on any atom is -0.507 e. The number of ketones is 1. The number of aliphatic hydroxyl groups is 1. The van der Waals surface area contributed by atoms with Crippen molar-refractivity contribution >= 4 is 29.1 Å². The van der Waals surface area contributed by atoms with Crippen LogP contribution in [-0.4, -0.2) is 40.5 Å². The summed E-state index contributed by atoms with van der Waals surface area (Å²) < 4.78 is 10.8. The number of aliphatic hydroxyl groups excluding tert-OH is 1. The summed E-state index contributed by atoms with van der Waals surface area (Å²) in [5.41, 5.74) is 1.59. The topological polar surface area (TPSA) is 106 Å². The van der Waals surface area contributed by atoms with Gasteiger partial charge in [0.2, 0.25) is 0 Å². The molecule has 1 fully saturated rings. The first-order valence-electron chi connectivity index (χ1n) is 12.1. The molecule has 0 saturated carbocycles. The summed E-state index contributed by atoms with van der Waals surface area (Å²) in [7, 11) is 0. The van der Waals surface area contributed by atoms with Crippen molar-refractivity contribution in [3.8, 4) is 5.75 Å². The number of aromatic nitrogens is 1. The molecule has 0 aliphatic carbocycles. The van der Waals surface area contributed by atoms with Gasteiger partial charge in [-0.2, -0.15) is 0 Å². The molecule has 4 rings (SSSR count). The van der Waals surface area contributed by atoms with Crippen molar-refractivity contribution in [2.75, 3.05) is 11.5 Å². The van der Waals surface area contributed by atoms with E-state index in [1.807, 2.05) is 20.8 Å². The molecule has 1 amide bonds. The highest BCUT2D eigenvalue weighted by Crippen LogP contribution is 2.42. The lowest BCUT2D eigenvalue weighted by Crippen LogP contribution is -2.29. The Morgan fingerprint density at radius 3 is 2.30 bits per heavy atom. The van der Waals surface area contributed by atoms with Gasteiger partial charge in [0.15, 0.2) is 0 Å². The highest BCUT2D eigenvalue weighted by atomic mass is 16.5. The van der Waals surface area contributed by atoms with Gasteiger partial charge in [-0.05, 0) is 80.4 Å². The van der Waals surface area contributed by atoms with Crippen molar-refractivity contribution in [2.45, 2.75) is 39.3 Å². The Morgan fingerprint density at radius 1 is 1.03 bits per heavy atom. The number of esters is 1. The molecular formula is C29H28N2O6. The van der Waals surface area contributed by atoms with Gasteiger partial charge in [0, 0.05) is 23.6 Å². The van der Waals surface area contributed by atoms with Crippen LogP contribution in [0.15, 0.2) is 78.6 Å². The minimum absolute atomic E-state index is 0.0183. The van der Waals surface area contributed by atoms with Crippen LogP contribution in [0.5, 0.6) is 5.75 Å². The molecular weight excluding hydrogens is 472 g/mol. The first-order chi connectivity index (χ1) is 17.8. The summed E-state index contributed by atoms with van der Waals surface area (Å²) in [6.07, 6.45) is 3.81. The number of hydrogen-bond acceptors (Lipinski definition) is 7. The Labute approximate surface area is 215 Å². The van der Waals surface area contributed by atoms with Gasteiger partial charge in [0.1, 0.15) is 11.5 Å². The molecule has 1 aliphatic heterocycles. The number of benzene rings is 2. The summed E-state index contributed by atoms with van der Waals surface area (Å²) >= 11 is 0. The number of anilines is 1. The van der Waals surface area contributed by atoms with Crippen LogP contribution in [0, 0.1) is 0 Å². The van der Waals surface area contributed by atoms with Gasteiger partial charge >= 0.3 is 5.97 Å². The number of carbonyl (C=O) groups excluding carboxylic acids is 3. The maximum Gasteiger partial charge on any atom is 0.338 e. The molecule has 2 heterocycles. The molecule has 0 bridgehead atoms. The molecule has 0 spiro atoms. The van der Waals surface area contributed by atoms with E-state index in [1.165, 1.54) is 4.90 Å². The minimum atomic E-state index is -0.918. The SMILES string of the molecule is CCCOC(=O)c1ccc(N2C(=O)C(=O)/C(=C(/O)c3ccc(OC(C)C)cc3)C2c2cccnc2)cc1. The van der Waals surface area contributed by atoms with E-state index in [9.17, 15) is 19.5 Å². The number of Topliss-reactive ketones (excluding diaryl/α,β-unsaturated/α-hetero) is 1. The van der Waals surface area contributed by atoms with Gasteiger partial charge in [-0.1, -0.05) is 13.0 Å². The monoisotopic (exact) mass is 500 g/mol. The lowest BCUT2D eigenvalue weighted by atomic mass is 9.96. The average Bonchev–Trinajstić information content (AvgIpc) is 3.17. The fraction of sp³-hybridized carbons (Fsp3) is 0.241. The maximum atomic E-state index is 13.3. The predicted octanol–water partition coefficient (Wildman–Crippen LogP) is 5.06. The van der Waals surface area contributed by atoms with E-state index < -0.39 is 23.7 Å². The highest BCUT2D eigenvalue weighted by molar-refractivity contribution is 6.51. The van der Waals surface area contributed by atoms with Gasteiger partial charge in [0.25, 0.3) is 11.7 Å². The zero-order valence-corrected chi connectivity index (χ0v) is 20.9. The third-order valence-electron chi connectivity index (χ3n) is 5.76. The Balaban J connectivity index is 1.76. The van der Waals surface area contributed by atoms with E-state index in [2.05, 4.69) is 4.98 Å². The van der Waals surface area contributed by atoms with Gasteiger partial charge in [-0.3, -0.25) is 19.5 Å². The molecule has 2 aromatic carbocycles. The van der Waals surface area contributed by atoms with Gasteiger partial charge in [0.05, 0.1) is 29.9 Å². The largest absolute Gasteiger partial charge is 0.507 e. The van der Waals surface area contributed by atoms with Crippen molar-refractivity contribution in [2.24, 2.45) is 0 Å². The molecule has 0 radical (unpaired) electrons. The Bertz CT molecular complexity index is 1310. The maximum absolute atomic E-state index is 13.3. The number of ether oxygens (including phenoxy) is 2. The molecule has 1 atom stereocenters. The molecule has 190 valence electrons. The first kappa shape index (κ1) is 25.6. The Kier molecular flexibility index (Phi) is 7.67. The van der Waals surface area contributed by atoms with E-state index in [0.29, 0.717) is 41.2 Å². The van der Waals surface area contributed by atoms with Crippen LogP contribution in [0.25, 0.3) is 5.76 Å². The molecule has 37 heavy (non-hydrogen) atoms. The molecule has 8 heteroatoms. The smallest absolute Gasteiger partial charge is 0.338 e. The molecule has 1 aliphatic rings. The normalized spacial score (nSPS) is 16.8.